The number of carbonyl (C=O) groups excluding carboxylic acids is 1. The number of fused-ring (bicyclic) bond motifs is 1. The fourth-order valence-corrected chi connectivity index (χ4v) is 3.66. The first-order valence-electron chi connectivity index (χ1n) is 8.90. The van der Waals surface area contributed by atoms with Crippen molar-refractivity contribution in [1.29, 1.82) is 0 Å². The number of carbonyl (C=O) groups is 1. The zero-order valence-corrected chi connectivity index (χ0v) is 15.5. The number of methoxy groups -OCH3 is 1. The Kier molecular flexibility index (Phi) is 5.23. The van der Waals surface area contributed by atoms with Gasteiger partial charge in [0.2, 0.25) is 0 Å². The van der Waals surface area contributed by atoms with Gasteiger partial charge < -0.3 is 14.4 Å². The van der Waals surface area contributed by atoms with E-state index in [1.807, 2.05) is 6.92 Å². The standard InChI is InChI=1S/C20H26N2O3/c1-5-25-20(23)17-12-21-18-14(3)10-13(2)11-16(18)19(17)22-8-6-15(24-4)7-9-22/h10-12,15H,5-9H2,1-4H3. The predicted octanol–water partition coefficient (Wildman–Crippen LogP) is 3.64. The maximum atomic E-state index is 12.5. The van der Waals surface area contributed by atoms with Gasteiger partial charge in [-0.3, -0.25) is 4.98 Å². The molecule has 0 radical (unpaired) electrons. The molecule has 0 aliphatic carbocycles. The van der Waals surface area contributed by atoms with E-state index in [-0.39, 0.29) is 5.97 Å². The Labute approximate surface area is 148 Å². The average molecular weight is 342 g/mol. The molecule has 0 N–H and O–H groups in total. The molecule has 3 rings (SSSR count). The molecule has 1 saturated heterocycles. The second kappa shape index (κ2) is 7.40. The molecule has 0 spiro atoms. The Morgan fingerprint density at radius 2 is 2.00 bits per heavy atom. The van der Waals surface area contributed by atoms with Gasteiger partial charge in [-0.2, -0.15) is 0 Å². The number of esters is 1. The van der Waals surface area contributed by atoms with Gasteiger partial charge in [-0.1, -0.05) is 11.6 Å². The van der Waals surface area contributed by atoms with E-state index in [2.05, 4.69) is 35.9 Å². The van der Waals surface area contributed by atoms with E-state index in [0.29, 0.717) is 18.3 Å². The molecule has 0 bridgehead atoms. The van der Waals surface area contributed by atoms with Gasteiger partial charge in [0.15, 0.2) is 0 Å². The van der Waals surface area contributed by atoms with Crippen molar-refractivity contribution in [2.45, 2.75) is 39.7 Å². The van der Waals surface area contributed by atoms with Crippen molar-refractivity contribution >= 4 is 22.6 Å². The highest BCUT2D eigenvalue weighted by Gasteiger charge is 2.26. The highest BCUT2D eigenvalue weighted by molar-refractivity contribution is 6.06. The lowest BCUT2D eigenvalue weighted by Gasteiger charge is -2.34. The fourth-order valence-electron chi connectivity index (χ4n) is 3.66. The molecular formula is C20H26N2O3. The number of anilines is 1. The number of pyridine rings is 1. The van der Waals surface area contributed by atoms with Crippen LogP contribution in [0.2, 0.25) is 0 Å². The molecule has 5 nitrogen and oxygen atoms in total. The van der Waals surface area contributed by atoms with E-state index in [1.54, 1.807) is 13.3 Å². The largest absolute Gasteiger partial charge is 0.462 e. The zero-order chi connectivity index (χ0) is 18.0. The van der Waals surface area contributed by atoms with Gasteiger partial charge in [0.05, 0.1) is 23.9 Å². The normalized spacial score (nSPS) is 15.6. The van der Waals surface area contributed by atoms with E-state index >= 15 is 0 Å². The topological polar surface area (TPSA) is 51.7 Å². The minimum absolute atomic E-state index is 0.291. The lowest BCUT2D eigenvalue weighted by Crippen LogP contribution is -2.37. The minimum atomic E-state index is -0.306. The number of hydrogen-bond acceptors (Lipinski definition) is 5. The number of benzene rings is 1. The van der Waals surface area contributed by atoms with E-state index in [9.17, 15) is 4.79 Å². The summed E-state index contributed by atoms with van der Waals surface area (Å²) in [5, 5.41) is 1.03. The smallest absolute Gasteiger partial charge is 0.341 e. The van der Waals surface area contributed by atoms with Gasteiger partial charge >= 0.3 is 5.97 Å². The molecule has 0 amide bonds. The number of ether oxygens (including phenoxy) is 2. The van der Waals surface area contributed by atoms with Crippen molar-refractivity contribution < 1.29 is 14.3 Å². The van der Waals surface area contributed by atoms with Crippen LogP contribution in [0.15, 0.2) is 18.3 Å². The highest BCUT2D eigenvalue weighted by Crippen LogP contribution is 2.34. The number of piperidine rings is 1. The molecule has 1 aromatic carbocycles. The number of aromatic nitrogens is 1. The predicted molar refractivity (Wildman–Crippen MR) is 99.4 cm³/mol. The summed E-state index contributed by atoms with van der Waals surface area (Å²) in [7, 11) is 1.76. The summed E-state index contributed by atoms with van der Waals surface area (Å²) in [4.78, 5) is 19.4. The zero-order valence-electron chi connectivity index (χ0n) is 15.5. The Hall–Kier alpha value is -2.14. The highest BCUT2D eigenvalue weighted by atomic mass is 16.5. The summed E-state index contributed by atoms with van der Waals surface area (Å²) in [5.74, 6) is -0.306. The fraction of sp³-hybridized carbons (Fsp3) is 0.500. The summed E-state index contributed by atoms with van der Waals surface area (Å²) in [6.45, 7) is 8.03. The second-order valence-electron chi connectivity index (χ2n) is 6.64. The van der Waals surface area contributed by atoms with E-state index in [1.165, 1.54) is 5.56 Å². The lowest BCUT2D eigenvalue weighted by atomic mass is 10.00. The first kappa shape index (κ1) is 17.7. The van der Waals surface area contributed by atoms with Crippen molar-refractivity contribution in [1.82, 2.24) is 4.98 Å². The van der Waals surface area contributed by atoms with Gasteiger partial charge in [-0.15, -0.1) is 0 Å². The summed E-state index contributed by atoms with van der Waals surface area (Å²) >= 11 is 0. The van der Waals surface area contributed by atoms with Gasteiger partial charge in [0.25, 0.3) is 0 Å². The molecule has 5 heteroatoms. The molecular weight excluding hydrogens is 316 g/mol. The number of aryl methyl sites for hydroxylation is 2. The van der Waals surface area contributed by atoms with Crippen LogP contribution in [-0.2, 0) is 9.47 Å². The Bertz CT molecular complexity index is 780. The van der Waals surface area contributed by atoms with Crippen LogP contribution in [0.3, 0.4) is 0 Å². The number of hydrogen-bond donors (Lipinski definition) is 0. The lowest BCUT2D eigenvalue weighted by molar-refractivity contribution is 0.0526. The van der Waals surface area contributed by atoms with Gasteiger partial charge in [0.1, 0.15) is 5.56 Å². The maximum absolute atomic E-state index is 12.5. The van der Waals surface area contributed by atoms with Gasteiger partial charge in [-0.25, -0.2) is 4.79 Å². The van der Waals surface area contributed by atoms with Crippen LogP contribution in [0, 0.1) is 13.8 Å². The second-order valence-corrected chi connectivity index (χ2v) is 6.64. The van der Waals surface area contributed by atoms with Crippen molar-refractivity contribution in [3.05, 3.63) is 35.0 Å². The van der Waals surface area contributed by atoms with Crippen LogP contribution < -0.4 is 4.90 Å². The monoisotopic (exact) mass is 342 g/mol. The van der Waals surface area contributed by atoms with Crippen LogP contribution in [0.1, 0.15) is 41.3 Å². The molecule has 0 unspecified atom stereocenters. The quantitative estimate of drug-likeness (QED) is 0.794. The van der Waals surface area contributed by atoms with Gasteiger partial charge in [0, 0.05) is 31.8 Å². The Morgan fingerprint density at radius 3 is 2.64 bits per heavy atom. The van der Waals surface area contributed by atoms with Crippen LogP contribution >= 0.6 is 0 Å². The molecule has 0 saturated carbocycles. The van der Waals surface area contributed by atoms with Crippen LogP contribution in [0.25, 0.3) is 10.9 Å². The summed E-state index contributed by atoms with van der Waals surface area (Å²) < 4.78 is 10.8. The maximum Gasteiger partial charge on any atom is 0.341 e. The molecule has 1 aliphatic heterocycles. The molecule has 2 heterocycles. The van der Waals surface area contributed by atoms with Crippen molar-refractivity contribution in [3.63, 3.8) is 0 Å². The van der Waals surface area contributed by atoms with Crippen molar-refractivity contribution in [2.75, 3.05) is 31.7 Å². The molecule has 25 heavy (non-hydrogen) atoms. The summed E-state index contributed by atoms with van der Waals surface area (Å²) in [6.07, 6.45) is 3.86. The summed E-state index contributed by atoms with van der Waals surface area (Å²) in [6, 6.07) is 4.25. The SMILES string of the molecule is CCOC(=O)c1cnc2c(C)cc(C)cc2c1N1CCC(OC)CC1. The Balaban J connectivity index is 2.14. The molecule has 134 valence electrons. The van der Waals surface area contributed by atoms with Crippen molar-refractivity contribution in [3.8, 4) is 0 Å². The van der Waals surface area contributed by atoms with E-state index < -0.39 is 0 Å². The Morgan fingerprint density at radius 1 is 1.28 bits per heavy atom. The number of rotatable bonds is 4. The molecule has 0 atom stereocenters. The first-order valence-corrected chi connectivity index (χ1v) is 8.90. The number of nitrogens with zero attached hydrogens (tertiary/aromatic N) is 2. The minimum Gasteiger partial charge on any atom is -0.462 e. The van der Waals surface area contributed by atoms with Crippen molar-refractivity contribution in [2.24, 2.45) is 0 Å². The third-order valence-corrected chi connectivity index (χ3v) is 4.86. The van der Waals surface area contributed by atoms with Crippen LogP contribution in [-0.4, -0.2) is 43.9 Å². The van der Waals surface area contributed by atoms with Crippen LogP contribution in [0.5, 0.6) is 0 Å². The van der Waals surface area contributed by atoms with Crippen LogP contribution in [0.4, 0.5) is 5.69 Å². The molecule has 1 aromatic heterocycles. The summed E-state index contributed by atoms with van der Waals surface area (Å²) in [5.41, 5.74) is 4.74. The first-order chi connectivity index (χ1) is 12.0. The van der Waals surface area contributed by atoms with E-state index in [0.717, 1.165) is 48.1 Å². The molecule has 1 aliphatic rings. The van der Waals surface area contributed by atoms with Gasteiger partial charge in [-0.05, 0) is 45.2 Å². The van der Waals surface area contributed by atoms with E-state index in [4.69, 9.17) is 9.47 Å². The molecule has 1 fully saturated rings. The molecule has 2 aromatic rings. The average Bonchev–Trinajstić information content (AvgIpc) is 2.61. The third-order valence-electron chi connectivity index (χ3n) is 4.86. The third kappa shape index (κ3) is 3.47.